The minimum absolute atomic E-state index is 0.187. The van der Waals surface area contributed by atoms with Crippen molar-refractivity contribution in [3.8, 4) is 5.75 Å². The molecular weight excluding hydrogens is 178 g/mol. The second-order valence-corrected chi connectivity index (χ2v) is 3.34. The summed E-state index contributed by atoms with van der Waals surface area (Å²) in [5.41, 5.74) is 2.78. The SMILES string of the molecule is CC1(c2cc(Cl)ccc2O)NO1. The van der Waals surface area contributed by atoms with Crippen molar-refractivity contribution in [2.24, 2.45) is 0 Å². The van der Waals surface area contributed by atoms with Crippen molar-refractivity contribution in [2.45, 2.75) is 12.6 Å². The maximum atomic E-state index is 9.43. The fraction of sp³-hybridized carbons (Fsp3) is 0.250. The number of aromatic hydroxyl groups is 1. The third-order valence-electron chi connectivity index (χ3n) is 1.88. The van der Waals surface area contributed by atoms with Crippen LogP contribution in [0.15, 0.2) is 18.2 Å². The van der Waals surface area contributed by atoms with Crippen LogP contribution >= 0.6 is 11.6 Å². The lowest BCUT2D eigenvalue weighted by Gasteiger charge is -2.05. The van der Waals surface area contributed by atoms with Gasteiger partial charge in [-0.1, -0.05) is 11.6 Å². The van der Waals surface area contributed by atoms with Gasteiger partial charge < -0.3 is 5.11 Å². The molecule has 2 N–H and O–H groups in total. The summed E-state index contributed by atoms with van der Waals surface area (Å²) in [6.07, 6.45) is 0. The van der Waals surface area contributed by atoms with Gasteiger partial charge in [0.25, 0.3) is 0 Å². The molecule has 0 radical (unpaired) electrons. The number of hydroxylamine groups is 1. The molecule has 1 aromatic carbocycles. The van der Waals surface area contributed by atoms with Gasteiger partial charge >= 0.3 is 0 Å². The van der Waals surface area contributed by atoms with E-state index in [1.807, 2.05) is 6.92 Å². The molecular formula is C8H8ClNO2. The molecule has 0 spiro atoms. The lowest BCUT2D eigenvalue weighted by Crippen LogP contribution is -2.06. The molecule has 1 saturated heterocycles. The van der Waals surface area contributed by atoms with E-state index in [1.165, 1.54) is 0 Å². The van der Waals surface area contributed by atoms with Gasteiger partial charge in [-0.15, -0.1) is 0 Å². The quantitative estimate of drug-likeness (QED) is 0.656. The average Bonchev–Trinajstić information content (AvgIpc) is 2.75. The van der Waals surface area contributed by atoms with Crippen molar-refractivity contribution in [2.75, 3.05) is 0 Å². The van der Waals surface area contributed by atoms with Gasteiger partial charge in [0, 0.05) is 10.6 Å². The highest BCUT2D eigenvalue weighted by atomic mass is 35.5. The molecule has 1 aromatic rings. The third-order valence-corrected chi connectivity index (χ3v) is 2.12. The Morgan fingerprint density at radius 1 is 1.58 bits per heavy atom. The van der Waals surface area contributed by atoms with Crippen molar-refractivity contribution in [1.82, 2.24) is 5.48 Å². The topological polar surface area (TPSA) is 54.7 Å². The van der Waals surface area contributed by atoms with Crippen LogP contribution in [0.4, 0.5) is 0 Å². The summed E-state index contributed by atoms with van der Waals surface area (Å²) in [4.78, 5) is 4.95. The van der Waals surface area contributed by atoms with Crippen LogP contribution in [0.25, 0.3) is 0 Å². The lowest BCUT2D eigenvalue weighted by atomic mass is 10.1. The van der Waals surface area contributed by atoms with Crippen LogP contribution in [0.1, 0.15) is 12.5 Å². The highest BCUT2D eigenvalue weighted by molar-refractivity contribution is 6.30. The maximum absolute atomic E-state index is 9.43. The Balaban J connectivity index is 2.48. The van der Waals surface area contributed by atoms with Gasteiger partial charge in [0.05, 0.1) is 0 Å². The number of halogens is 1. The predicted molar refractivity (Wildman–Crippen MR) is 44.7 cm³/mol. The Kier molecular flexibility index (Phi) is 1.54. The van der Waals surface area contributed by atoms with Crippen molar-refractivity contribution in [3.05, 3.63) is 28.8 Å². The first-order valence-corrected chi connectivity index (χ1v) is 3.94. The van der Waals surface area contributed by atoms with Crippen LogP contribution in [-0.4, -0.2) is 5.11 Å². The Morgan fingerprint density at radius 3 is 2.83 bits per heavy atom. The average molecular weight is 186 g/mol. The predicted octanol–water partition coefficient (Wildman–Crippen LogP) is 1.75. The largest absolute Gasteiger partial charge is 0.508 e. The van der Waals surface area contributed by atoms with Gasteiger partial charge in [0.1, 0.15) is 5.75 Å². The first kappa shape index (κ1) is 7.86. The summed E-state index contributed by atoms with van der Waals surface area (Å²) >= 11 is 5.76. The summed E-state index contributed by atoms with van der Waals surface area (Å²) in [7, 11) is 0. The van der Waals surface area contributed by atoms with Crippen molar-refractivity contribution < 1.29 is 9.94 Å². The highest BCUT2D eigenvalue weighted by Gasteiger charge is 2.43. The van der Waals surface area contributed by atoms with Gasteiger partial charge in [-0.05, 0) is 25.1 Å². The van der Waals surface area contributed by atoms with Crippen LogP contribution in [0, 0.1) is 0 Å². The second kappa shape index (κ2) is 2.36. The third kappa shape index (κ3) is 1.16. The minimum atomic E-state index is -0.561. The van der Waals surface area contributed by atoms with Crippen molar-refractivity contribution >= 4 is 11.6 Å². The molecule has 2 rings (SSSR count). The van der Waals surface area contributed by atoms with Gasteiger partial charge in [-0.25, -0.2) is 0 Å². The fourth-order valence-corrected chi connectivity index (χ4v) is 1.25. The zero-order valence-electron chi connectivity index (χ0n) is 6.47. The minimum Gasteiger partial charge on any atom is -0.508 e. The van der Waals surface area contributed by atoms with E-state index in [0.717, 1.165) is 0 Å². The summed E-state index contributed by atoms with van der Waals surface area (Å²) in [6.45, 7) is 1.82. The smallest absolute Gasteiger partial charge is 0.187 e. The molecule has 4 heteroatoms. The molecule has 1 aliphatic heterocycles. The molecule has 1 fully saturated rings. The van der Waals surface area contributed by atoms with Gasteiger partial charge in [0.2, 0.25) is 0 Å². The normalized spacial score (nSPS) is 27.2. The van der Waals surface area contributed by atoms with Crippen LogP contribution in [0.3, 0.4) is 0 Å². The van der Waals surface area contributed by atoms with Crippen molar-refractivity contribution in [3.63, 3.8) is 0 Å². The number of benzene rings is 1. The first-order chi connectivity index (χ1) is 5.62. The van der Waals surface area contributed by atoms with Crippen LogP contribution < -0.4 is 5.48 Å². The molecule has 1 unspecified atom stereocenters. The number of nitrogens with one attached hydrogen (secondary N) is 1. The monoisotopic (exact) mass is 185 g/mol. The molecule has 0 aliphatic carbocycles. The van der Waals surface area contributed by atoms with E-state index in [0.29, 0.717) is 10.6 Å². The van der Waals surface area contributed by atoms with E-state index in [4.69, 9.17) is 16.4 Å². The van der Waals surface area contributed by atoms with E-state index in [2.05, 4.69) is 5.48 Å². The molecule has 1 aliphatic rings. The van der Waals surface area contributed by atoms with Crippen molar-refractivity contribution in [1.29, 1.82) is 0 Å². The Labute approximate surface area is 74.9 Å². The molecule has 0 amide bonds. The number of phenols is 1. The highest BCUT2D eigenvalue weighted by Crippen LogP contribution is 2.38. The molecule has 3 nitrogen and oxygen atoms in total. The summed E-state index contributed by atoms with van der Waals surface area (Å²) in [5.74, 6) is 0.187. The summed E-state index contributed by atoms with van der Waals surface area (Å²) < 4.78 is 0. The lowest BCUT2D eigenvalue weighted by molar-refractivity contribution is 0.305. The van der Waals surface area contributed by atoms with Gasteiger partial charge in [-0.3, -0.25) is 4.84 Å². The number of rotatable bonds is 1. The number of hydrogen-bond donors (Lipinski definition) is 2. The molecule has 0 bridgehead atoms. The molecule has 0 aromatic heterocycles. The second-order valence-electron chi connectivity index (χ2n) is 2.90. The zero-order chi connectivity index (χ0) is 8.77. The fourth-order valence-electron chi connectivity index (χ4n) is 1.08. The Bertz CT molecular complexity index is 323. The Hall–Kier alpha value is -0.770. The van der Waals surface area contributed by atoms with Crippen LogP contribution in [0.5, 0.6) is 5.75 Å². The molecule has 1 heterocycles. The number of hydrogen-bond acceptors (Lipinski definition) is 3. The van der Waals surface area contributed by atoms with Crippen LogP contribution in [-0.2, 0) is 10.6 Å². The zero-order valence-corrected chi connectivity index (χ0v) is 7.22. The molecule has 1 atom stereocenters. The maximum Gasteiger partial charge on any atom is 0.187 e. The standard InChI is InChI=1S/C8H8ClNO2/c1-8(10-12-8)6-4-5(9)2-3-7(6)11/h2-4,10-11H,1H3. The summed E-state index contributed by atoms with van der Waals surface area (Å²) in [5, 5.41) is 10.0. The van der Waals surface area contributed by atoms with E-state index in [1.54, 1.807) is 18.2 Å². The van der Waals surface area contributed by atoms with E-state index >= 15 is 0 Å². The molecule has 0 saturated carbocycles. The molecule has 64 valence electrons. The number of phenolic OH excluding ortho intramolecular Hbond substituents is 1. The summed E-state index contributed by atoms with van der Waals surface area (Å²) in [6, 6.07) is 4.86. The van der Waals surface area contributed by atoms with Crippen LogP contribution in [0.2, 0.25) is 5.02 Å². The van der Waals surface area contributed by atoms with Gasteiger partial charge in [0.15, 0.2) is 5.72 Å². The molecule has 12 heavy (non-hydrogen) atoms. The van der Waals surface area contributed by atoms with E-state index in [-0.39, 0.29) is 5.75 Å². The van der Waals surface area contributed by atoms with E-state index < -0.39 is 5.72 Å². The Morgan fingerprint density at radius 2 is 2.25 bits per heavy atom. The van der Waals surface area contributed by atoms with Gasteiger partial charge in [-0.2, -0.15) is 5.48 Å². The first-order valence-electron chi connectivity index (χ1n) is 3.56. The van der Waals surface area contributed by atoms with E-state index in [9.17, 15) is 5.11 Å².